The molecule has 0 saturated heterocycles. The van der Waals surface area contributed by atoms with Gasteiger partial charge in [0.2, 0.25) is 0 Å². The molecule has 2 heterocycles. The van der Waals surface area contributed by atoms with E-state index >= 15 is 0 Å². The first-order valence-corrected chi connectivity index (χ1v) is 7.95. The number of rotatable bonds is 5. The summed E-state index contributed by atoms with van der Waals surface area (Å²) < 4.78 is 1.64. The molecule has 1 atom stereocenters. The lowest BCUT2D eigenvalue weighted by Crippen LogP contribution is -2.18. The number of tetrazole rings is 1. The molecule has 0 unspecified atom stereocenters. The van der Waals surface area contributed by atoms with Gasteiger partial charge in [0.1, 0.15) is 6.33 Å². The van der Waals surface area contributed by atoms with Crippen LogP contribution in [0.5, 0.6) is 0 Å². The number of aryl methyl sites for hydroxylation is 2. The lowest BCUT2D eigenvalue weighted by atomic mass is 10.1. The minimum Gasteiger partial charge on any atom is -0.305 e. The molecule has 1 N–H and O–H groups in total. The molecule has 0 saturated carbocycles. The van der Waals surface area contributed by atoms with Crippen LogP contribution >= 0.6 is 11.3 Å². The largest absolute Gasteiger partial charge is 0.305 e. The van der Waals surface area contributed by atoms with Crippen LogP contribution in [0.25, 0.3) is 5.69 Å². The molecular weight excluding hydrogens is 296 g/mol. The van der Waals surface area contributed by atoms with Crippen LogP contribution in [0.4, 0.5) is 0 Å². The van der Waals surface area contributed by atoms with E-state index in [1.807, 2.05) is 19.1 Å². The van der Waals surface area contributed by atoms with E-state index < -0.39 is 0 Å². The molecule has 0 bridgehead atoms. The van der Waals surface area contributed by atoms with Gasteiger partial charge in [-0.15, -0.1) is 16.4 Å². The highest BCUT2D eigenvalue weighted by Crippen LogP contribution is 2.19. The first kappa shape index (κ1) is 14.8. The third-order valence-corrected chi connectivity index (χ3v) is 4.51. The van der Waals surface area contributed by atoms with Crippen LogP contribution in [-0.4, -0.2) is 25.2 Å². The number of nitrogens with one attached hydrogen (secondary N) is 1. The molecule has 2 aromatic heterocycles. The Labute approximate surface area is 133 Å². The minimum atomic E-state index is 0.254. The molecule has 0 fully saturated rings. The van der Waals surface area contributed by atoms with Crippen molar-refractivity contribution in [3.63, 3.8) is 0 Å². The highest BCUT2D eigenvalue weighted by Gasteiger charge is 2.09. The number of benzene rings is 1. The molecular formula is C15H18N6S. The van der Waals surface area contributed by atoms with Gasteiger partial charge in [-0.3, -0.25) is 0 Å². The summed E-state index contributed by atoms with van der Waals surface area (Å²) in [5, 5.41) is 15.8. The lowest BCUT2D eigenvalue weighted by Gasteiger charge is -2.14. The van der Waals surface area contributed by atoms with Gasteiger partial charge in [0.15, 0.2) is 0 Å². The van der Waals surface area contributed by atoms with Crippen LogP contribution in [-0.2, 0) is 6.54 Å². The van der Waals surface area contributed by atoms with Crippen molar-refractivity contribution in [2.24, 2.45) is 0 Å². The monoisotopic (exact) mass is 314 g/mol. The number of thiazole rings is 1. The fourth-order valence-corrected chi connectivity index (χ4v) is 3.13. The summed E-state index contributed by atoms with van der Waals surface area (Å²) >= 11 is 1.74. The van der Waals surface area contributed by atoms with E-state index in [1.165, 1.54) is 10.4 Å². The second-order valence-electron chi connectivity index (χ2n) is 5.18. The maximum atomic E-state index is 4.55. The van der Waals surface area contributed by atoms with E-state index in [-0.39, 0.29) is 6.04 Å². The second-order valence-corrected chi connectivity index (χ2v) is 6.59. The number of hydrogen-bond donors (Lipinski definition) is 1. The van der Waals surface area contributed by atoms with E-state index in [2.05, 4.69) is 51.8 Å². The van der Waals surface area contributed by atoms with Crippen LogP contribution in [0.1, 0.15) is 34.1 Å². The molecule has 0 aliphatic rings. The standard InChI is InChI=1S/C15H18N6S/c1-10(16-8-15-11(2)22-12(3)18-15)13-4-6-14(7-5-13)21-9-17-19-20-21/h4-7,9-10,16H,8H2,1-3H3/t10-/m0/s1. The van der Waals surface area contributed by atoms with Crippen molar-refractivity contribution in [1.82, 2.24) is 30.5 Å². The zero-order valence-electron chi connectivity index (χ0n) is 12.8. The number of hydrogen-bond acceptors (Lipinski definition) is 6. The highest BCUT2D eigenvalue weighted by atomic mass is 32.1. The van der Waals surface area contributed by atoms with Crippen molar-refractivity contribution in [1.29, 1.82) is 0 Å². The zero-order chi connectivity index (χ0) is 15.5. The van der Waals surface area contributed by atoms with Gasteiger partial charge in [0.05, 0.1) is 16.4 Å². The Balaban J connectivity index is 1.65. The van der Waals surface area contributed by atoms with Crippen LogP contribution < -0.4 is 5.32 Å². The molecule has 6 nitrogen and oxygen atoms in total. The molecule has 3 aromatic rings. The third kappa shape index (κ3) is 3.20. The van der Waals surface area contributed by atoms with Gasteiger partial charge in [0, 0.05) is 17.5 Å². The van der Waals surface area contributed by atoms with Crippen molar-refractivity contribution in [3.05, 3.63) is 51.7 Å². The molecule has 0 spiro atoms. The first-order chi connectivity index (χ1) is 10.6. The van der Waals surface area contributed by atoms with Gasteiger partial charge in [-0.2, -0.15) is 0 Å². The Morgan fingerprint density at radius 2 is 2.00 bits per heavy atom. The Kier molecular flexibility index (Phi) is 4.26. The van der Waals surface area contributed by atoms with Crippen molar-refractivity contribution in [2.45, 2.75) is 33.4 Å². The topological polar surface area (TPSA) is 68.5 Å². The number of nitrogens with zero attached hydrogens (tertiary/aromatic N) is 5. The molecule has 0 aliphatic heterocycles. The first-order valence-electron chi connectivity index (χ1n) is 7.13. The molecule has 22 heavy (non-hydrogen) atoms. The molecule has 0 radical (unpaired) electrons. The van der Waals surface area contributed by atoms with Gasteiger partial charge < -0.3 is 5.32 Å². The van der Waals surface area contributed by atoms with Gasteiger partial charge >= 0.3 is 0 Å². The summed E-state index contributed by atoms with van der Waals surface area (Å²) in [4.78, 5) is 5.84. The average Bonchev–Trinajstić information content (AvgIpc) is 3.15. The Bertz CT molecular complexity index is 732. The number of aromatic nitrogens is 5. The fraction of sp³-hybridized carbons (Fsp3) is 0.333. The summed E-state index contributed by atoms with van der Waals surface area (Å²) in [6, 6.07) is 8.47. The molecule has 0 amide bonds. The van der Waals surface area contributed by atoms with Gasteiger partial charge in [-0.25, -0.2) is 9.67 Å². The van der Waals surface area contributed by atoms with Gasteiger partial charge in [0.25, 0.3) is 0 Å². The van der Waals surface area contributed by atoms with Crippen LogP contribution in [0, 0.1) is 13.8 Å². The summed E-state index contributed by atoms with van der Waals surface area (Å²) in [6.45, 7) is 7.10. The maximum absolute atomic E-state index is 4.55. The quantitative estimate of drug-likeness (QED) is 0.784. The predicted molar refractivity (Wildman–Crippen MR) is 86.0 cm³/mol. The van der Waals surface area contributed by atoms with Gasteiger partial charge in [-0.05, 0) is 48.9 Å². The summed E-state index contributed by atoms with van der Waals surface area (Å²) in [6.07, 6.45) is 1.59. The average molecular weight is 314 g/mol. The van der Waals surface area contributed by atoms with Crippen LogP contribution in [0.2, 0.25) is 0 Å². The second kappa shape index (κ2) is 6.33. The summed E-state index contributed by atoms with van der Waals surface area (Å²) in [5.74, 6) is 0. The van der Waals surface area contributed by atoms with Crippen LogP contribution in [0.3, 0.4) is 0 Å². The molecule has 3 rings (SSSR count). The van der Waals surface area contributed by atoms with E-state index in [9.17, 15) is 0 Å². The normalized spacial score (nSPS) is 12.5. The van der Waals surface area contributed by atoms with Gasteiger partial charge in [-0.1, -0.05) is 12.1 Å². The smallest absolute Gasteiger partial charge is 0.143 e. The Morgan fingerprint density at radius 1 is 1.23 bits per heavy atom. The predicted octanol–water partition coefficient (Wildman–Crippen LogP) is 2.59. The highest BCUT2D eigenvalue weighted by molar-refractivity contribution is 7.11. The van der Waals surface area contributed by atoms with E-state index in [4.69, 9.17) is 0 Å². The van der Waals surface area contributed by atoms with Crippen molar-refractivity contribution < 1.29 is 0 Å². The van der Waals surface area contributed by atoms with E-state index in [0.717, 1.165) is 22.9 Å². The molecule has 1 aromatic carbocycles. The maximum Gasteiger partial charge on any atom is 0.143 e. The van der Waals surface area contributed by atoms with Crippen molar-refractivity contribution >= 4 is 11.3 Å². The van der Waals surface area contributed by atoms with E-state index in [0.29, 0.717) is 0 Å². The van der Waals surface area contributed by atoms with Crippen molar-refractivity contribution in [3.8, 4) is 5.69 Å². The SMILES string of the molecule is Cc1nc(CN[C@@H](C)c2ccc(-n3cnnn3)cc2)c(C)s1. The molecule has 7 heteroatoms. The fourth-order valence-electron chi connectivity index (χ4n) is 2.30. The Morgan fingerprint density at radius 3 is 2.59 bits per heavy atom. The van der Waals surface area contributed by atoms with Crippen LogP contribution in [0.15, 0.2) is 30.6 Å². The zero-order valence-corrected chi connectivity index (χ0v) is 13.6. The Hall–Kier alpha value is -2.12. The lowest BCUT2D eigenvalue weighted by molar-refractivity contribution is 0.567. The minimum absolute atomic E-state index is 0.254. The summed E-state index contributed by atoms with van der Waals surface area (Å²) in [7, 11) is 0. The van der Waals surface area contributed by atoms with E-state index in [1.54, 1.807) is 22.3 Å². The molecule has 0 aliphatic carbocycles. The third-order valence-electron chi connectivity index (χ3n) is 3.58. The molecule has 114 valence electrons. The summed E-state index contributed by atoms with van der Waals surface area (Å²) in [5.41, 5.74) is 3.31. The van der Waals surface area contributed by atoms with Crippen molar-refractivity contribution in [2.75, 3.05) is 0 Å².